The summed E-state index contributed by atoms with van der Waals surface area (Å²) < 4.78 is 169. The fourth-order valence-electron chi connectivity index (χ4n) is 18.7. The van der Waals surface area contributed by atoms with Gasteiger partial charge in [0.25, 0.3) is 0 Å². The Kier molecular flexibility index (Phi) is 21.0. The Bertz CT molecular complexity index is 8860. The summed E-state index contributed by atoms with van der Waals surface area (Å²) in [6.07, 6.45) is 7.79. The van der Waals surface area contributed by atoms with E-state index >= 15 is 0 Å². The number of benzene rings is 18. The molecule has 0 unspecified atom stereocenters. The van der Waals surface area contributed by atoms with Crippen molar-refractivity contribution in [1.29, 1.82) is 0 Å². The molecule has 0 atom stereocenters. The smallest absolute Gasteiger partial charge is 0.304 e. The van der Waals surface area contributed by atoms with Gasteiger partial charge in [-0.3, -0.25) is 9.97 Å². The summed E-state index contributed by atoms with van der Waals surface area (Å²) in [4.78, 5) is 28.8. The normalized spacial score (nSPS) is 13.0. The van der Waals surface area contributed by atoms with Crippen LogP contribution in [0, 0.1) is 64.1 Å². The molecule has 0 saturated carbocycles. The number of aromatic nitrogens is 6. The van der Waals surface area contributed by atoms with Gasteiger partial charge in [0.2, 0.25) is 0 Å². The summed E-state index contributed by atoms with van der Waals surface area (Å²) in [5.41, 5.74) is 34.9. The number of nitrogens with zero attached hydrogens (tertiary/aromatic N) is 6. The standard InChI is InChI=1S/C136H90N6.2Ir/c1-89-73-131(137-84-127(89)93-29-9-5-10-30-93)103-61-49-97(50-62-103)115-37-17-23-43-121(115)109-77-110(122-44-24-18-38-116(122)98-51-63-104(64-52-98)132-74-90(2)128(85-138-132)94-31-11-6-12-32-94)80-113(79-109)125-47-27-21-41-119(125)101-57-69-107(70-58-101)135-83-136(142-88-141-135)108-71-59-102(60-72-108)120-42-22-28-48-126(120)114-81-111(123-45-25-19-39-117(123)99-53-65-105(66-54-99)133-75-91(3)129(86-139-133)95-33-13-7-14-34-95)78-112(82-114)124-46-26-20-40-118(124)100-55-67-106(68-56-100)134-76-92(4)130(87-140-134)96-35-15-8-16-36-96;;/h5-61,63,65,67,69,71,73-88H,1-4H3;;/q-6;2*+3/i5D,6D,7D,8D,9D,10D,11D,12D,13D,14D,15D,16D,29D,30D,31D,32D,33D,34D,35D,36D;;. The quantitative estimate of drug-likeness (QED) is 0.0629. The first-order valence-electron chi connectivity index (χ1n) is 56.3. The van der Waals surface area contributed by atoms with Crippen molar-refractivity contribution in [2.24, 2.45) is 0 Å². The maximum atomic E-state index is 8.71. The topological polar surface area (TPSA) is 77.3 Å². The average molecular weight is 2210 g/mol. The Balaban J connectivity index is 0.00000769. The van der Waals surface area contributed by atoms with E-state index in [0.717, 1.165) is 145 Å². The predicted octanol–water partition coefficient (Wildman–Crippen LogP) is 34.8. The first-order chi connectivity index (χ1) is 78.3. The molecule has 682 valence electrons. The number of pyridine rings is 4. The van der Waals surface area contributed by atoms with Crippen molar-refractivity contribution in [3.05, 3.63) is 532 Å². The van der Waals surface area contributed by atoms with Crippen LogP contribution in [0.5, 0.6) is 0 Å². The molecule has 0 bridgehead atoms. The molecular weight excluding hydrogens is 2100 g/mol. The molecule has 6 nitrogen and oxygen atoms in total. The second-order valence-electron chi connectivity index (χ2n) is 34.6. The first-order valence-corrected chi connectivity index (χ1v) is 46.3. The van der Waals surface area contributed by atoms with Crippen LogP contribution in [0.1, 0.15) is 49.7 Å². The number of aryl methyl sites for hydroxylation is 4. The van der Waals surface area contributed by atoms with E-state index < -0.39 is 72.5 Å². The molecule has 144 heavy (non-hydrogen) atoms. The van der Waals surface area contributed by atoms with Gasteiger partial charge in [0.15, 0.2) is 0 Å². The van der Waals surface area contributed by atoms with Crippen molar-refractivity contribution in [3.8, 4) is 246 Å². The Morgan fingerprint density at radius 1 is 0.167 bits per heavy atom. The fourth-order valence-corrected chi connectivity index (χ4v) is 18.7. The number of hydrogen-bond donors (Lipinski definition) is 0. The SMILES string of the molecule is [2H]c1c([2H])c([2H])c(-c2cnc(-c3[c-]cc(-c4ccccc4-c4cc(-c5ccccc5-c5c[c-]c(-c6cc(-c7[c-]cc(-c8ccccc8-c8cc(-c9ccccc9-c9c[c-]c(-c%10cc(C)c(-c%11c([2H])c([2H])c([2H])c([2H])c%11[2H])cn%10)cc9)cc(-c9ccccc9-c9c[c-]c(-c%10cc(C)c(-c%11c([2H])c([2H])c([2H])c([2H])c%11[2H])cn%10)cc9)c8)cc7)ncn6)cc5)cc(-c5ccccc5-c5c[c-]c(-c6cc(C)c(-c7c([2H])c([2H])c([2H])c([2H])c7[2H])cn6)cc5)c4)cc3)cc2C)c([2H])c1[2H].[Ir+3].[Ir+3]. The van der Waals surface area contributed by atoms with Crippen molar-refractivity contribution >= 4 is 0 Å². The van der Waals surface area contributed by atoms with E-state index in [2.05, 4.69) is 158 Å². The van der Waals surface area contributed by atoms with E-state index in [1.807, 2.05) is 228 Å². The van der Waals surface area contributed by atoms with Crippen molar-refractivity contribution < 1.29 is 67.6 Å². The molecule has 0 saturated heterocycles. The summed E-state index contributed by atoms with van der Waals surface area (Å²) in [5.74, 6) is 0. The molecule has 0 amide bonds. The van der Waals surface area contributed by atoms with Gasteiger partial charge in [0.05, 0.1) is 33.7 Å². The zero-order valence-corrected chi connectivity index (χ0v) is 82.6. The summed E-state index contributed by atoms with van der Waals surface area (Å²) in [7, 11) is 0. The van der Waals surface area contributed by atoms with Gasteiger partial charge in [-0.15, -0.1) is 179 Å². The van der Waals surface area contributed by atoms with Crippen molar-refractivity contribution in [2.45, 2.75) is 27.7 Å². The molecule has 0 spiro atoms. The summed E-state index contributed by atoms with van der Waals surface area (Å²) in [6.45, 7) is 7.34. The monoisotopic (exact) mass is 2210 g/mol. The van der Waals surface area contributed by atoms with Crippen LogP contribution in [0.3, 0.4) is 0 Å². The number of hydrogen-bond acceptors (Lipinski definition) is 6. The fraction of sp³-hybridized carbons (Fsp3) is 0.0294. The van der Waals surface area contributed by atoms with Gasteiger partial charge in [-0.05, 0) is 210 Å². The average Bonchev–Trinajstić information content (AvgIpc) is 0.771. The second-order valence-corrected chi connectivity index (χ2v) is 34.6. The molecule has 18 aromatic carbocycles. The summed E-state index contributed by atoms with van der Waals surface area (Å²) >= 11 is 0. The van der Waals surface area contributed by atoms with Crippen LogP contribution in [-0.2, 0) is 40.2 Å². The molecule has 0 fully saturated rings. The zero-order chi connectivity index (χ0) is 113. The van der Waals surface area contributed by atoms with E-state index in [4.69, 9.17) is 57.3 Å². The largest absolute Gasteiger partial charge is 3.00 e. The maximum absolute atomic E-state index is 8.71. The summed E-state index contributed by atoms with van der Waals surface area (Å²) in [5, 5.41) is 0. The predicted molar refractivity (Wildman–Crippen MR) is 585 cm³/mol. The molecule has 23 aromatic rings. The zero-order valence-electron chi connectivity index (χ0n) is 97.8. The van der Waals surface area contributed by atoms with Crippen molar-refractivity contribution in [2.75, 3.05) is 0 Å². The molecule has 5 aromatic heterocycles. The molecule has 0 aliphatic rings. The Labute approximate surface area is 897 Å². The third-order valence-electron chi connectivity index (χ3n) is 25.9. The first kappa shape index (κ1) is 72.2. The van der Waals surface area contributed by atoms with E-state index in [0.29, 0.717) is 101 Å². The van der Waals surface area contributed by atoms with Crippen LogP contribution < -0.4 is 0 Å². The molecule has 0 radical (unpaired) electrons. The number of rotatable bonds is 22. The van der Waals surface area contributed by atoms with E-state index in [-0.39, 0.29) is 111 Å². The molecule has 23 rings (SSSR count). The molecular formula is C136H90Ir2N6. The Morgan fingerprint density at radius 3 is 0.493 bits per heavy atom. The van der Waals surface area contributed by atoms with Crippen molar-refractivity contribution in [1.82, 2.24) is 29.9 Å². The molecule has 0 aliphatic heterocycles. The molecule has 8 heteroatoms. The molecule has 5 heterocycles. The molecule has 0 N–H and O–H groups in total. The molecule has 0 aliphatic carbocycles. The van der Waals surface area contributed by atoms with Crippen LogP contribution in [0.4, 0.5) is 0 Å². The third kappa shape index (κ3) is 19.3. The van der Waals surface area contributed by atoms with Gasteiger partial charge >= 0.3 is 40.2 Å². The van der Waals surface area contributed by atoms with Crippen LogP contribution in [0.15, 0.2) is 473 Å². The Hall–Kier alpha value is -17.1. The minimum Gasteiger partial charge on any atom is -0.304 e. The van der Waals surface area contributed by atoms with Gasteiger partial charge in [0, 0.05) is 47.0 Å². The third-order valence-corrected chi connectivity index (χ3v) is 25.9. The van der Waals surface area contributed by atoms with Crippen LogP contribution in [0.25, 0.3) is 246 Å². The van der Waals surface area contributed by atoms with Crippen LogP contribution in [0.2, 0.25) is 0 Å². The minimum atomic E-state index is -0.467. The minimum absolute atomic E-state index is 0. The van der Waals surface area contributed by atoms with Gasteiger partial charge in [-0.25, -0.2) is 0 Å². The van der Waals surface area contributed by atoms with Gasteiger partial charge in [-0.1, -0.05) is 364 Å². The summed E-state index contributed by atoms with van der Waals surface area (Å²) in [6, 6.07) is 122. The van der Waals surface area contributed by atoms with E-state index in [1.54, 1.807) is 31.1 Å². The van der Waals surface area contributed by atoms with Crippen LogP contribution >= 0.6 is 0 Å². The van der Waals surface area contributed by atoms with Gasteiger partial charge in [0.1, 0.15) is 0 Å². The second kappa shape index (κ2) is 41.8. The van der Waals surface area contributed by atoms with E-state index in [1.165, 1.54) is 0 Å². The van der Waals surface area contributed by atoms with Crippen molar-refractivity contribution in [3.63, 3.8) is 0 Å². The van der Waals surface area contributed by atoms with Gasteiger partial charge < -0.3 is 19.9 Å². The Morgan fingerprint density at radius 2 is 0.333 bits per heavy atom. The maximum Gasteiger partial charge on any atom is 3.00 e. The van der Waals surface area contributed by atoms with E-state index in [9.17, 15) is 0 Å². The van der Waals surface area contributed by atoms with Gasteiger partial charge in [-0.2, -0.15) is 0 Å². The van der Waals surface area contributed by atoms with Crippen LogP contribution in [-0.4, -0.2) is 29.9 Å².